The normalized spacial score (nSPS) is 14.3. The molecule has 0 N–H and O–H groups in total. The molecular formula is C32H45N5O3. The topological polar surface area (TPSA) is 84.5 Å². The molecule has 216 valence electrons. The van der Waals surface area contributed by atoms with Crippen LogP contribution in [0.4, 0.5) is 5.69 Å². The van der Waals surface area contributed by atoms with E-state index in [1.807, 2.05) is 23.1 Å². The highest BCUT2D eigenvalue weighted by atomic mass is 16.6. The lowest BCUT2D eigenvalue weighted by molar-refractivity contribution is -0.384. The number of likely N-dealkylation sites (tertiary alicyclic amines) is 1. The largest absolute Gasteiger partial charge is 0.339 e. The van der Waals surface area contributed by atoms with Crippen molar-refractivity contribution in [2.24, 2.45) is 11.8 Å². The molecule has 0 unspecified atom stereocenters. The molecular weight excluding hydrogens is 502 g/mol. The van der Waals surface area contributed by atoms with E-state index < -0.39 is 0 Å². The fraction of sp³-hybridized carbons (Fsp3) is 0.562. The smallest absolute Gasteiger partial charge is 0.269 e. The maximum atomic E-state index is 13.7. The van der Waals surface area contributed by atoms with Crippen molar-refractivity contribution in [3.63, 3.8) is 0 Å². The molecule has 0 atom stereocenters. The van der Waals surface area contributed by atoms with Gasteiger partial charge in [0, 0.05) is 42.9 Å². The zero-order valence-corrected chi connectivity index (χ0v) is 24.6. The van der Waals surface area contributed by atoms with Crippen LogP contribution >= 0.6 is 0 Å². The number of rotatable bonds is 13. The molecule has 1 aliphatic rings. The summed E-state index contributed by atoms with van der Waals surface area (Å²) in [5.41, 5.74) is 3.35. The molecule has 1 amide bonds. The first kappa shape index (κ1) is 29.7. The van der Waals surface area contributed by atoms with Crippen LogP contribution in [0.15, 0.2) is 42.5 Å². The first-order valence-electron chi connectivity index (χ1n) is 15.0. The van der Waals surface area contributed by atoms with Crippen molar-refractivity contribution >= 4 is 22.6 Å². The second kappa shape index (κ2) is 13.9. The molecule has 0 radical (unpaired) electrons. The molecule has 2 heterocycles. The minimum Gasteiger partial charge on any atom is -0.339 e. The van der Waals surface area contributed by atoms with Crippen molar-refractivity contribution in [1.29, 1.82) is 0 Å². The highest BCUT2D eigenvalue weighted by Gasteiger charge is 2.20. The molecule has 8 nitrogen and oxygen atoms in total. The Morgan fingerprint density at radius 3 is 2.20 bits per heavy atom. The fourth-order valence-electron chi connectivity index (χ4n) is 5.40. The van der Waals surface area contributed by atoms with Crippen molar-refractivity contribution < 1.29 is 9.72 Å². The second-order valence-electron chi connectivity index (χ2n) is 12.0. The van der Waals surface area contributed by atoms with E-state index in [1.165, 1.54) is 31.4 Å². The lowest BCUT2D eigenvalue weighted by Crippen LogP contribution is -2.34. The molecule has 40 heavy (non-hydrogen) atoms. The van der Waals surface area contributed by atoms with Crippen LogP contribution in [0.5, 0.6) is 0 Å². The lowest BCUT2D eigenvalue weighted by atomic mass is 10.1. The molecule has 0 spiro atoms. The van der Waals surface area contributed by atoms with E-state index in [0.717, 1.165) is 81.0 Å². The Morgan fingerprint density at radius 1 is 0.950 bits per heavy atom. The van der Waals surface area contributed by atoms with Crippen molar-refractivity contribution in [2.45, 2.75) is 72.8 Å². The summed E-state index contributed by atoms with van der Waals surface area (Å²) in [6.07, 6.45) is 6.76. The minimum atomic E-state index is -0.381. The molecule has 0 saturated carbocycles. The molecule has 0 bridgehead atoms. The molecule has 1 aromatic heterocycles. The van der Waals surface area contributed by atoms with E-state index in [-0.39, 0.29) is 16.5 Å². The van der Waals surface area contributed by atoms with Gasteiger partial charge in [0.05, 0.1) is 16.0 Å². The molecule has 1 saturated heterocycles. The number of benzene rings is 2. The summed E-state index contributed by atoms with van der Waals surface area (Å²) in [6.45, 7) is 14.4. The lowest BCUT2D eigenvalue weighted by Gasteiger charge is -2.26. The maximum absolute atomic E-state index is 13.7. The van der Waals surface area contributed by atoms with Gasteiger partial charge in [0.1, 0.15) is 5.82 Å². The van der Waals surface area contributed by atoms with Gasteiger partial charge in [-0.05, 0) is 93.9 Å². The number of amides is 1. The van der Waals surface area contributed by atoms with Crippen molar-refractivity contribution in [3.8, 4) is 11.4 Å². The van der Waals surface area contributed by atoms with E-state index in [9.17, 15) is 14.9 Å². The first-order valence-corrected chi connectivity index (χ1v) is 15.0. The van der Waals surface area contributed by atoms with Crippen molar-refractivity contribution in [2.75, 3.05) is 32.7 Å². The van der Waals surface area contributed by atoms with Crippen LogP contribution in [0.25, 0.3) is 22.4 Å². The third-order valence-corrected chi connectivity index (χ3v) is 7.88. The van der Waals surface area contributed by atoms with Crippen LogP contribution < -0.4 is 0 Å². The zero-order chi connectivity index (χ0) is 28.6. The van der Waals surface area contributed by atoms with Crippen LogP contribution in [0, 0.1) is 22.0 Å². The number of hydrogen-bond acceptors (Lipinski definition) is 5. The highest BCUT2D eigenvalue weighted by molar-refractivity contribution is 5.98. The van der Waals surface area contributed by atoms with Crippen molar-refractivity contribution in [3.05, 3.63) is 58.1 Å². The molecule has 0 aliphatic carbocycles. The number of aromatic nitrogens is 2. The van der Waals surface area contributed by atoms with Gasteiger partial charge in [-0.25, -0.2) is 4.98 Å². The number of fused-ring (bicyclic) bond motifs is 1. The number of nitrogens with zero attached hydrogens (tertiary/aromatic N) is 5. The van der Waals surface area contributed by atoms with Gasteiger partial charge in [-0.1, -0.05) is 34.1 Å². The van der Waals surface area contributed by atoms with Crippen LogP contribution in [0.3, 0.4) is 0 Å². The third-order valence-electron chi connectivity index (χ3n) is 7.88. The molecule has 3 aromatic rings. The Kier molecular flexibility index (Phi) is 10.3. The number of nitro benzene ring substituents is 1. The van der Waals surface area contributed by atoms with Crippen LogP contribution in [-0.2, 0) is 6.54 Å². The van der Waals surface area contributed by atoms with Gasteiger partial charge in [0.15, 0.2) is 0 Å². The van der Waals surface area contributed by atoms with Crippen LogP contribution in [0.1, 0.15) is 76.6 Å². The monoisotopic (exact) mass is 547 g/mol. The van der Waals surface area contributed by atoms with Gasteiger partial charge < -0.3 is 14.4 Å². The number of carbonyl (C=O) groups excluding carboxylic acids is 1. The van der Waals surface area contributed by atoms with Gasteiger partial charge in [0.2, 0.25) is 0 Å². The minimum absolute atomic E-state index is 0.0623. The predicted molar refractivity (Wildman–Crippen MR) is 162 cm³/mol. The number of aryl methyl sites for hydroxylation is 1. The third kappa shape index (κ3) is 7.68. The summed E-state index contributed by atoms with van der Waals surface area (Å²) >= 11 is 0. The number of non-ortho nitro benzene ring substituents is 1. The van der Waals surface area contributed by atoms with Gasteiger partial charge in [-0.2, -0.15) is 0 Å². The molecule has 1 fully saturated rings. The number of piperidine rings is 1. The van der Waals surface area contributed by atoms with Crippen LogP contribution in [-0.4, -0.2) is 62.9 Å². The van der Waals surface area contributed by atoms with E-state index in [1.54, 1.807) is 12.1 Å². The fourth-order valence-corrected chi connectivity index (χ4v) is 5.40. The number of imidazole rings is 1. The van der Waals surface area contributed by atoms with Crippen molar-refractivity contribution in [1.82, 2.24) is 19.4 Å². The van der Waals surface area contributed by atoms with E-state index >= 15 is 0 Å². The summed E-state index contributed by atoms with van der Waals surface area (Å²) in [5, 5.41) is 11.2. The molecule has 1 aliphatic heterocycles. The Morgan fingerprint density at radius 2 is 1.60 bits per heavy atom. The van der Waals surface area contributed by atoms with Gasteiger partial charge in [0.25, 0.3) is 11.6 Å². The number of hydrogen-bond donors (Lipinski definition) is 0. The van der Waals surface area contributed by atoms with E-state index in [4.69, 9.17) is 4.98 Å². The van der Waals surface area contributed by atoms with Crippen LogP contribution in [0.2, 0.25) is 0 Å². The number of carbonyl (C=O) groups is 1. The average molecular weight is 548 g/mol. The quantitative estimate of drug-likeness (QED) is 0.170. The summed E-state index contributed by atoms with van der Waals surface area (Å²) in [6, 6.07) is 12.4. The standard InChI is InChI=1S/C32H45N5O3/c1-24(2)15-21-35(22-16-25(3)4)32(38)27-11-14-29-30(23-27)36(20-8-19-34-17-6-5-7-18-34)31(33-29)26-9-12-28(13-10-26)37(39)40/h9-14,23-25H,5-8,15-22H2,1-4H3. The summed E-state index contributed by atoms with van der Waals surface area (Å²) < 4.78 is 2.20. The van der Waals surface area contributed by atoms with E-state index in [0.29, 0.717) is 17.4 Å². The average Bonchev–Trinajstić information content (AvgIpc) is 3.31. The van der Waals surface area contributed by atoms with Gasteiger partial charge in [-0.15, -0.1) is 0 Å². The van der Waals surface area contributed by atoms with Gasteiger partial charge in [-0.3, -0.25) is 14.9 Å². The maximum Gasteiger partial charge on any atom is 0.269 e. The Balaban J connectivity index is 1.66. The van der Waals surface area contributed by atoms with Gasteiger partial charge >= 0.3 is 0 Å². The zero-order valence-electron chi connectivity index (χ0n) is 24.6. The summed E-state index contributed by atoms with van der Waals surface area (Å²) in [5.74, 6) is 1.91. The first-order chi connectivity index (χ1) is 19.2. The molecule has 2 aromatic carbocycles. The molecule has 4 rings (SSSR count). The summed E-state index contributed by atoms with van der Waals surface area (Å²) in [4.78, 5) is 34.1. The Hall–Kier alpha value is -3.26. The Labute approximate surface area is 238 Å². The molecule has 8 heteroatoms. The Bertz CT molecular complexity index is 1260. The second-order valence-corrected chi connectivity index (χ2v) is 12.0. The van der Waals surface area contributed by atoms with E-state index in [2.05, 4.69) is 37.2 Å². The summed E-state index contributed by atoms with van der Waals surface area (Å²) in [7, 11) is 0. The predicted octanol–water partition coefficient (Wildman–Crippen LogP) is 7.02. The SMILES string of the molecule is CC(C)CCN(CCC(C)C)C(=O)c1ccc2nc(-c3ccc([N+](=O)[O-])cc3)n(CCCN3CCCCC3)c2c1. The highest BCUT2D eigenvalue weighted by Crippen LogP contribution is 2.28. The number of nitro groups is 1.